The molecule has 0 fully saturated rings. The molecule has 0 aromatic heterocycles. The Balaban J connectivity index is 2.44. The lowest BCUT2D eigenvalue weighted by Gasteiger charge is -2.13. The molecule has 1 N–H and O–H groups in total. The summed E-state index contributed by atoms with van der Waals surface area (Å²) in [6.07, 6.45) is 0.220. The number of carboxylic acid groups (broad SMARTS) is 1. The van der Waals surface area contributed by atoms with Crippen molar-refractivity contribution < 1.29 is 14.8 Å². The highest BCUT2D eigenvalue weighted by Crippen LogP contribution is 2.31. The number of carbonyl (C=O) groups is 1. The SMILES string of the molecule is O=C(O)C(Cc1ccccc1)c1ccc(I)cc1[N+](=O)[O-]. The summed E-state index contributed by atoms with van der Waals surface area (Å²) in [4.78, 5) is 22.2. The zero-order valence-electron chi connectivity index (χ0n) is 10.9. The maximum absolute atomic E-state index is 11.5. The van der Waals surface area contributed by atoms with E-state index in [0.29, 0.717) is 3.57 Å². The van der Waals surface area contributed by atoms with Crippen LogP contribution in [-0.2, 0) is 11.2 Å². The van der Waals surface area contributed by atoms with Crippen LogP contribution in [0.1, 0.15) is 17.0 Å². The Morgan fingerprint density at radius 1 is 1.24 bits per heavy atom. The van der Waals surface area contributed by atoms with Crippen molar-refractivity contribution in [2.45, 2.75) is 12.3 Å². The van der Waals surface area contributed by atoms with Gasteiger partial charge in [0.05, 0.1) is 10.8 Å². The fourth-order valence-electron chi connectivity index (χ4n) is 2.15. The Morgan fingerprint density at radius 2 is 1.90 bits per heavy atom. The first-order chi connectivity index (χ1) is 9.99. The third-order valence-electron chi connectivity index (χ3n) is 3.15. The minimum Gasteiger partial charge on any atom is -0.481 e. The van der Waals surface area contributed by atoms with E-state index in [0.717, 1.165) is 5.56 Å². The van der Waals surface area contributed by atoms with Gasteiger partial charge in [0.15, 0.2) is 0 Å². The molecule has 21 heavy (non-hydrogen) atoms. The second-order valence-corrected chi connectivity index (χ2v) is 5.79. The van der Waals surface area contributed by atoms with Crippen LogP contribution in [0.4, 0.5) is 5.69 Å². The van der Waals surface area contributed by atoms with Crippen molar-refractivity contribution in [3.8, 4) is 0 Å². The van der Waals surface area contributed by atoms with Crippen molar-refractivity contribution in [2.24, 2.45) is 0 Å². The molecule has 2 aromatic carbocycles. The average Bonchev–Trinajstić information content (AvgIpc) is 2.46. The number of nitrogens with zero attached hydrogens (tertiary/aromatic N) is 1. The third-order valence-corrected chi connectivity index (χ3v) is 3.82. The lowest BCUT2D eigenvalue weighted by atomic mass is 9.91. The second-order valence-electron chi connectivity index (χ2n) is 4.54. The van der Waals surface area contributed by atoms with Gasteiger partial charge in [-0.05, 0) is 40.6 Å². The molecule has 6 heteroatoms. The van der Waals surface area contributed by atoms with Crippen LogP contribution in [-0.4, -0.2) is 16.0 Å². The molecule has 0 saturated carbocycles. The van der Waals surface area contributed by atoms with E-state index in [1.165, 1.54) is 12.1 Å². The first-order valence-electron chi connectivity index (χ1n) is 6.19. The van der Waals surface area contributed by atoms with Crippen molar-refractivity contribution in [2.75, 3.05) is 0 Å². The maximum Gasteiger partial charge on any atom is 0.311 e. The lowest BCUT2D eigenvalue weighted by Crippen LogP contribution is -2.16. The Morgan fingerprint density at radius 3 is 2.48 bits per heavy atom. The quantitative estimate of drug-likeness (QED) is 0.475. The monoisotopic (exact) mass is 397 g/mol. The zero-order valence-corrected chi connectivity index (χ0v) is 13.1. The van der Waals surface area contributed by atoms with Crippen LogP contribution in [0.25, 0.3) is 0 Å². The molecule has 0 aliphatic carbocycles. The van der Waals surface area contributed by atoms with Crippen LogP contribution in [0.2, 0.25) is 0 Å². The molecule has 0 bridgehead atoms. The minimum atomic E-state index is -1.07. The number of nitro groups is 1. The molecule has 5 nitrogen and oxygen atoms in total. The van der Waals surface area contributed by atoms with E-state index in [4.69, 9.17) is 0 Å². The molecule has 0 radical (unpaired) electrons. The van der Waals surface area contributed by atoms with E-state index in [1.54, 1.807) is 6.07 Å². The molecule has 0 aliphatic rings. The number of aliphatic carboxylic acids is 1. The van der Waals surface area contributed by atoms with E-state index in [9.17, 15) is 20.0 Å². The smallest absolute Gasteiger partial charge is 0.311 e. The topological polar surface area (TPSA) is 80.4 Å². The molecule has 0 aliphatic heterocycles. The van der Waals surface area contributed by atoms with Crippen LogP contribution in [0.3, 0.4) is 0 Å². The Labute approximate surface area is 134 Å². The molecule has 1 unspecified atom stereocenters. The van der Waals surface area contributed by atoms with Gasteiger partial charge in [0.25, 0.3) is 5.69 Å². The summed E-state index contributed by atoms with van der Waals surface area (Å²) in [6.45, 7) is 0. The van der Waals surface area contributed by atoms with E-state index in [-0.39, 0.29) is 17.7 Å². The predicted octanol–water partition coefficient (Wildman–Crippen LogP) is 3.61. The van der Waals surface area contributed by atoms with Gasteiger partial charge >= 0.3 is 5.97 Å². The summed E-state index contributed by atoms with van der Waals surface area (Å²) in [6, 6.07) is 13.7. The highest BCUT2D eigenvalue weighted by molar-refractivity contribution is 14.1. The van der Waals surface area contributed by atoms with Gasteiger partial charge in [-0.15, -0.1) is 0 Å². The number of rotatable bonds is 5. The molecular weight excluding hydrogens is 385 g/mol. The molecule has 0 heterocycles. The van der Waals surface area contributed by atoms with E-state index < -0.39 is 16.8 Å². The molecule has 1 atom stereocenters. The Kier molecular flexibility index (Phi) is 4.89. The van der Waals surface area contributed by atoms with Gasteiger partial charge in [-0.1, -0.05) is 36.4 Å². The van der Waals surface area contributed by atoms with E-state index in [2.05, 4.69) is 0 Å². The first-order valence-corrected chi connectivity index (χ1v) is 7.27. The highest BCUT2D eigenvalue weighted by atomic mass is 127. The van der Waals surface area contributed by atoms with Gasteiger partial charge in [-0.25, -0.2) is 0 Å². The van der Waals surface area contributed by atoms with E-state index >= 15 is 0 Å². The Hall–Kier alpha value is -1.96. The standard InChI is InChI=1S/C15H12INO4/c16-11-6-7-12(14(9-11)17(20)21)13(15(18)19)8-10-4-2-1-3-5-10/h1-7,9,13H,8H2,(H,18,19). The summed E-state index contributed by atoms with van der Waals surface area (Å²) in [5.41, 5.74) is 0.916. The molecule has 0 saturated heterocycles. The fourth-order valence-corrected chi connectivity index (χ4v) is 2.62. The van der Waals surface area contributed by atoms with E-state index in [1.807, 2.05) is 52.9 Å². The molecular formula is C15H12INO4. The zero-order chi connectivity index (χ0) is 15.4. The molecule has 108 valence electrons. The van der Waals surface area contributed by atoms with Crippen LogP contribution >= 0.6 is 22.6 Å². The van der Waals surface area contributed by atoms with Gasteiger partial charge in [0.2, 0.25) is 0 Å². The maximum atomic E-state index is 11.5. The highest BCUT2D eigenvalue weighted by Gasteiger charge is 2.28. The molecule has 2 rings (SSSR count). The fraction of sp³-hybridized carbons (Fsp3) is 0.133. The van der Waals surface area contributed by atoms with Crippen molar-refractivity contribution >= 4 is 34.2 Å². The number of carboxylic acids is 1. The number of nitro benzene ring substituents is 1. The summed E-state index contributed by atoms with van der Waals surface area (Å²) in [5.74, 6) is -2.01. The van der Waals surface area contributed by atoms with Gasteiger partial charge in [0.1, 0.15) is 0 Å². The first kappa shape index (κ1) is 15.4. The van der Waals surface area contributed by atoms with Crippen LogP contribution in [0, 0.1) is 13.7 Å². The number of halogens is 1. The summed E-state index contributed by atoms with van der Waals surface area (Å²) in [5, 5.41) is 20.6. The lowest BCUT2D eigenvalue weighted by molar-refractivity contribution is -0.385. The van der Waals surface area contributed by atoms with Gasteiger partial charge < -0.3 is 5.11 Å². The molecule has 0 amide bonds. The summed E-state index contributed by atoms with van der Waals surface area (Å²) >= 11 is 1.97. The van der Waals surface area contributed by atoms with Crippen LogP contribution < -0.4 is 0 Å². The average molecular weight is 397 g/mol. The normalized spacial score (nSPS) is 11.9. The molecule has 0 spiro atoms. The summed E-state index contributed by atoms with van der Waals surface area (Å²) < 4.78 is 0.701. The number of hydrogen-bond acceptors (Lipinski definition) is 3. The van der Waals surface area contributed by atoms with Gasteiger partial charge in [-0.3, -0.25) is 14.9 Å². The summed E-state index contributed by atoms with van der Waals surface area (Å²) in [7, 11) is 0. The number of benzene rings is 2. The van der Waals surface area contributed by atoms with Crippen molar-refractivity contribution in [3.63, 3.8) is 0 Å². The van der Waals surface area contributed by atoms with Crippen LogP contribution in [0.15, 0.2) is 48.5 Å². The van der Waals surface area contributed by atoms with Crippen molar-refractivity contribution in [1.29, 1.82) is 0 Å². The predicted molar refractivity (Wildman–Crippen MR) is 86.3 cm³/mol. The second kappa shape index (κ2) is 6.66. The number of hydrogen-bond donors (Lipinski definition) is 1. The largest absolute Gasteiger partial charge is 0.481 e. The Bertz CT molecular complexity index is 673. The third kappa shape index (κ3) is 3.78. The van der Waals surface area contributed by atoms with Gasteiger partial charge in [-0.2, -0.15) is 0 Å². The minimum absolute atomic E-state index is 0.148. The van der Waals surface area contributed by atoms with Crippen LogP contribution in [0.5, 0.6) is 0 Å². The van der Waals surface area contributed by atoms with Crippen molar-refractivity contribution in [3.05, 3.63) is 73.3 Å². The molecule has 2 aromatic rings. The van der Waals surface area contributed by atoms with Gasteiger partial charge in [0, 0.05) is 15.2 Å². The van der Waals surface area contributed by atoms with Crippen molar-refractivity contribution in [1.82, 2.24) is 0 Å².